The summed E-state index contributed by atoms with van der Waals surface area (Å²) >= 11 is 0. The molecular formula is C26H23N3. The minimum atomic E-state index is -0.419. The Bertz CT molecular complexity index is 1280. The van der Waals surface area contributed by atoms with Gasteiger partial charge >= 0.3 is 0 Å². The lowest BCUT2D eigenvalue weighted by Crippen LogP contribution is -2.41. The van der Waals surface area contributed by atoms with Crippen LogP contribution in [0.3, 0.4) is 0 Å². The molecule has 0 radical (unpaired) electrons. The molecule has 0 fully saturated rings. The molecule has 3 nitrogen and oxygen atoms in total. The van der Waals surface area contributed by atoms with Crippen molar-refractivity contribution >= 4 is 22.7 Å². The maximum Gasteiger partial charge on any atom is 0.212 e. The van der Waals surface area contributed by atoms with Gasteiger partial charge in [0.2, 0.25) is 5.95 Å². The summed E-state index contributed by atoms with van der Waals surface area (Å²) in [5, 5.41) is 0. The van der Waals surface area contributed by atoms with Crippen LogP contribution in [-0.2, 0) is 12.0 Å². The molecule has 3 heterocycles. The molecule has 0 saturated heterocycles. The fraction of sp³-hybridized carbons (Fsp3) is 0.192. The van der Waals surface area contributed by atoms with Crippen LogP contribution in [0.5, 0.6) is 0 Å². The second kappa shape index (κ2) is 5.84. The number of imidazole rings is 1. The highest BCUT2D eigenvalue weighted by Gasteiger charge is 2.46. The molecular weight excluding hydrogens is 354 g/mol. The number of hydrogen-bond acceptors (Lipinski definition) is 2. The molecule has 6 rings (SSSR count). The Balaban J connectivity index is 1.85. The van der Waals surface area contributed by atoms with Crippen molar-refractivity contribution < 1.29 is 0 Å². The number of fused-ring (bicyclic) bond motifs is 4. The summed E-state index contributed by atoms with van der Waals surface area (Å²) in [4.78, 5) is 7.55. The van der Waals surface area contributed by atoms with Crippen LogP contribution in [0.1, 0.15) is 30.5 Å². The van der Waals surface area contributed by atoms with E-state index in [2.05, 4.69) is 102 Å². The lowest BCUT2D eigenvalue weighted by atomic mass is 9.78. The van der Waals surface area contributed by atoms with Crippen LogP contribution < -0.4 is 4.90 Å². The molecule has 0 amide bonds. The molecule has 2 aliphatic rings. The molecule has 0 unspecified atom stereocenters. The van der Waals surface area contributed by atoms with Crippen molar-refractivity contribution in [2.24, 2.45) is 0 Å². The Labute approximate surface area is 170 Å². The van der Waals surface area contributed by atoms with Crippen molar-refractivity contribution in [1.82, 2.24) is 9.55 Å². The number of nitrogens with zero attached hydrogens (tertiary/aromatic N) is 3. The molecule has 4 aromatic rings. The summed E-state index contributed by atoms with van der Waals surface area (Å²) in [5.41, 5.74) is 8.47. The van der Waals surface area contributed by atoms with Crippen LogP contribution in [0.2, 0.25) is 0 Å². The van der Waals surface area contributed by atoms with Crippen LogP contribution >= 0.6 is 0 Å². The molecule has 0 bridgehead atoms. The molecule has 0 spiro atoms. The number of para-hydroxylation sites is 3. The van der Waals surface area contributed by atoms with Crippen molar-refractivity contribution in [3.05, 3.63) is 101 Å². The fourth-order valence-electron chi connectivity index (χ4n) is 5.25. The summed E-state index contributed by atoms with van der Waals surface area (Å²) in [6.45, 7) is 5.37. The molecule has 142 valence electrons. The van der Waals surface area contributed by atoms with Crippen LogP contribution in [0.15, 0.2) is 84.4 Å². The van der Waals surface area contributed by atoms with E-state index in [1.165, 1.54) is 33.5 Å². The van der Waals surface area contributed by atoms with Gasteiger partial charge in [0.05, 0.1) is 16.7 Å². The Hall–Kier alpha value is -3.33. The second-order valence-electron chi connectivity index (χ2n) is 8.30. The minimum Gasteiger partial charge on any atom is -0.311 e. The number of hydrogen-bond donors (Lipinski definition) is 0. The third-order valence-electron chi connectivity index (χ3n) is 6.25. The predicted octanol–water partition coefficient (Wildman–Crippen LogP) is 5.80. The van der Waals surface area contributed by atoms with Crippen LogP contribution in [0.25, 0.3) is 11.0 Å². The van der Waals surface area contributed by atoms with E-state index in [-0.39, 0.29) is 0 Å². The normalized spacial score (nSPS) is 19.2. The summed E-state index contributed by atoms with van der Waals surface area (Å²) in [5.74, 6) is 1.05. The number of rotatable bonds is 2. The Morgan fingerprint density at radius 2 is 1.72 bits per heavy atom. The van der Waals surface area contributed by atoms with E-state index in [0.717, 1.165) is 24.4 Å². The van der Waals surface area contributed by atoms with Crippen molar-refractivity contribution in [1.29, 1.82) is 0 Å². The molecule has 3 aromatic carbocycles. The summed E-state index contributed by atoms with van der Waals surface area (Å²) in [6, 6.07) is 26.2. The number of aromatic nitrogens is 2. The van der Waals surface area contributed by atoms with E-state index < -0.39 is 5.54 Å². The van der Waals surface area contributed by atoms with E-state index in [1.807, 2.05) is 0 Å². The first kappa shape index (κ1) is 16.6. The predicted molar refractivity (Wildman–Crippen MR) is 119 cm³/mol. The zero-order chi connectivity index (χ0) is 19.6. The zero-order valence-electron chi connectivity index (χ0n) is 16.8. The van der Waals surface area contributed by atoms with E-state index in [0.29, 0.717) is 0 Å². The highest BCUT2D eigenvalue weighted by Crippen LogP contribution is 2.53. The van der Waals surface area contributed by atoms with E-state index in [1.54, 1.807) is 0 Å². The smallest absolute Gasteiger partial charge is 0.212 e. The van der Waals surface area contributed by atoms with Gasteiger partial charge in [0.25, 0.3) is 0 Å². The summed E-state index contributed by atoms with van der Waals surface area (Å²) in [6.07, 6.45) is 3.48. The minimum absolute atomic E-state index is 0.419. The molecule has 2 aliphatic heterocycles. The van der Waals surface area contributed by atoms with E-state index >= 15 is 0 Å². The highest BCUT2D eigenvalue weighted by atomic mass is 15.4. The van der Waals surface area contributed by atoms with Crippen LogP contribution in [0, 0.1) is 0 Å². The number of allylic oxidation sites excluding steroid dienone is 2. The van der Waals surface area contributed by atoms with Crippen molar-refractivity contribution in [2.75, 3.05) is 11.4 Å². The fourth-order valence-corrected chi connectivity index (χ4v) is 5.25. The standard InChI is InChI=1S/C26H23N3/c1-18(2)17-26(20-10-4-3-5-11-20)21-12-8-9-19-15-16-28(24(19)21)25-27-22-13-6-7-14-23(22)29(25)26/h3-14,17H,15-16H2,1-2H3/t26-/m0/s1. The SMILES string of the molecule is CC(C)=C[C@]1(c2ccccc2)c2cccc3c2N(CC3)c2nc3ccccc3n21. The van der Waals surface area contributed by atoms with Crippen LogP contribution in [0.4, 0.5) is 11.6 Å². The van der Waals surface area contributed by atoms with Gasteiger partial charge in [-0.2, -0.15) is 0 Å². The van der Waals surface area contributed by atoms with Crippen molar-refractivity contribution in [2.45, 2.75) is 25.8 Å². The molecule has 0 saturated carbocycles. The van der Waals surface area contributed by atoms with Crippen molar-refractivity contribution in [3.63, 3.8) is 0 Å². The second-order valence-corrected chi connectivity index (χ2v) is 8.30. The van der Waals surface area contributed by atoms with Gasteiger partial charge < -0.3 is 4.90 Å². The first-order valence-electron chi connectivity index (χ1n) is 10.3. The van der Waals surface area contributed by atoms with E-state index in [9.17, 15) is 0 Å². The summed E-state index contributed by atoms with van der Waals surface area (Å²) < 4.78 is 2.46. The van der Waals surface area contributed by atoms with Gasteiger partial charge in [-0.05, 0) is 43.5 Å². The molecule has 3 heteroatoms. The maximum absolute atomic E-state index is 5.13. The van der Waals surface area contributed by atoms with Gasteiger partial charge in [0.15, 0.2) is 0 Å². The monoisotopic (exact) mass is 377 g/mol. The Kier molecular flexibility index (Phi) is 3.34. The first-order chi connectivity index (χ1) is 14.2. The van der Waals surface area contributed by atoms with Crippen molar-refractivity contribution in [3.8, 4) is 0 Å². The maximum atomic E-state index is 5.13. The highest BCUT2D eigenvalue weighted by molar-refractivity contribution is 5.87. The molecule has 0 aliphatic carbocycles. The van der Waals surface area contributed by atoms with Gasteiger partial charge in [-0.15, -0.1) is 0 Å². The van der Waals surface area contributed by atoms with Gasteiger partial charge in [0.1, 0.15) is 5.54 Å². The third kappa shape index (κ3) is 2.10. The average Bonchev–Trinajstić information content (AvgIpc) is 3.34. The van der Waals surface area contributed by atoms with Gasteiger partial charge in [-0.3, -0.25) is 4.57 Å². The van der Waals surface area contributed by atoms with Crippen LogP contribution in [-0.4, -0.2) is 16.1 Å². The summed E-state index contributed by atoms with van der Waals surface area (Å²) in [7, 11) is 0. The lowest BCUT2D eigenvalue weighted by Gasteiger charge is -2.43. The van der Waals surface area contributed by atoms with Gasteiger partial charge in [-0.25, -0.2) is 4.98 Å². The molecule has 29 heavy (non-hydrogen) atoms. The number of benzene rings is 3. The quantitative estimate of drug-likeness (QED) is 0.412. The lowest BCUT2D eigenvalue weighted by molar-refractivity contribution is 0.532. The Morgan fingerprint density at radius 3 is 2.55 bits per heavy atom. The third-order valence-corrected chi connectivity index (χ3v) is 6.25. The van der Waals surface area contributed by atoms with E-state index in [4.69, 9.17) is 4.98 Å². The molecule has 0 N–H and O–H groups in total. The van der Waals surface area contributed by atoms with Gasteiger partial charge in [0, 0.05) is 12.1 Å². The largest absolute Gasteiger partial charge is 0.311 e. The topological polar surface area (TPSA) is 21.1 Å². The average molecular weight is 377 g/mol. The first-order valence-corrected chi connectivity index (χ1v) is 10.3. The molecule has 1 atom stereocenters. The van der Waals surface area contributed by atoms with Gasteiger partial charge in [-0.1, -0.05) is 72.3 Å². The number of anilines is 2. The molecule has 1 aromatic heterocycles. The zero-order valence-corrected chi connectivity index (χ0v) is 16.8. The Morgan fingerprint density at radius 1 is 0.931 bits per heavy atom.